The van der Waals surface area contributed by atoms with Gasteiger partial charge in [-0.25, -0.2) is 13.4 Å². The molecular formula is C28H29N3O6S2. The molecule has 1 atom stereocenters. The van der Waals surface area contributed by atoms with E-state index in [0.29, 0.717) is 33.5 Å². The molecule has 0 aliphatic carbocycles. The highest BCUT2D eigenvalue weighted by atomic mass is 32.2. The lowest BCUT2D eigenvalue weighted by atomic mass is 10.1. The molecule has 4 rings (SSSR count). The Morgan fingerprint density at radius 2 is 1.72 bits per heavy atom. The van der Waals surface area contributed by atoms with Crippen molar-refractivity contribution in [3.63, 3.8) is 0 Å². The van der Waals surface area contributed by atoms with Crippen LogP contribution in [0.25, 0.3) is 10.2 Å². The minimum Gasteiger partial charge on any atom is -0.493 e. The second kappa shape index (κ2) is 11.8. The van der Waals surface area contributed by atoms with Gasteiger partial charge in [-0.1, -0.05) is 23.5 Å². The summed E-state index contributed by atoms with van der Waals surface area (Å²) >= 11 is 1.27. The maximum atomic E-state index is 13.6. The molecule has 1 heterocycles. The van der Waals surface area contributed by atoms with Crippen molar-refractivity contribution in [2.24, 2.45) is 4.99 Å². The Hall–Kier alpha value is -3.96. The Balaban J connectivity index is 1.70. The maximum absolute atomic E-state index is 13.6. The molecule has 204 valence electrons. The van der Waals surface area contributed by atoms with Crippen molar-refractivity contribution in [1.29, 1.82) is 0 Å². The van der Waals surface area contributed by atoms with E-state index in [-0.39, 0.29) is 4.90 Å². The van der Waals surface area contributed by atoms with Crippen LogP contribution >= 0.6 is 11.3 Å². The van der Waals surface area contributed by atoms with Gasteiger partial charge < -0.3 is 14.2 Å². The number of rotatable bonds is 10. The molecule has 1 unspecified atom stereocenters. The average molecular weight is 568 g/mol. The number of benzene rings is 3. The van der Waals surface area contributed by atoms with E-state index in [1.165, 1.54) is 30.6 Å². The molecule has 0 fully saturated rings. The summed E-state index contributed by atoms with van der Waals surface area (Å²) in [4.78, 5) is 22.2. The molecule has 0 bridgehead atoms. The van der Waals surface area contributed by atoms with Crippen molar-refractivity contribution >= 4 is 48.6 Å². The van der Waals surface area contributed by atoms with Crippen molar-refractivity contribution in [3.05, 3.63) is 71.8 Å². The highest BCUT2D eigenvalue weighted by Crippen LogP contribution is 2.36. The predicted molar refractivity (Wildman–Crippen MR) is 153 cm³/mol. The summed E-state index contributed by atoms with van der Waals surface area (Å²) in [6.07, 6.45) is 0.541. The zero-order chi connectivity index (χ0) is 28.2. The fraction of sp³-hybridized carbons (Fsp3) is 0.250. The number of thiazole rings is 1. The molecule has 4 aromatic rings. The molecule has 0 saturated carbocycles. The lowest BCUT2D eigenvalue weighted by Crippen LogP contribution is -2.26. The van der Waals surface area contributed by atoms with E-state index in [0.717, 1.165) is 10.3 Å². The van der Waals surface area contributed by atoms with Crippen LogP contribution in [0.2, 0.25) is 0 Å². The Labute approximate surface area is 231 Å². The van der Waals surface area contributed by atoms with Crippen LogP contribution in [0.5, 0.6) is 17.2 Å². The van der Waals surface area contributed by atoms with E-state index in [1.807, 2.05) is 12.1 Å². The Morgan fingerprint density at radius 1 is 1.03 bits per heavy atom. The molecule has 3 aromatic carbocycles. The number of hydrogen-bond donors (Lipinski definition) is 1. The summed E-state index contributed by atoms with van der Waals surface area (Å²) in [5.74, 6) is 0.993. The molecule has 0 aliphatic rings. The summed E-state index contributed by atoms with van der Waals surface area (Å²) in [7, 11) is 1.19. The zero-order valence-corrected chi connectivity index (χ0v) is 23.8. The summed E-state index contributed by atoms with van der Waals surface area (Å²) in [5.41, 5.74) is 1.89. The fourth-order valence-corrected chi connectivity index (χ4v) is 5.79. The largest absolute Gasteiger partial charge is 0.493 e. The van der Waals surface area contributed by atoms with E-state index in [9.17, 15) is 13.2 Å². The Morgan fingerprint density at radius 3 is 2.36 bits per heavy atom. The SMILES string of the molecule is CN=Cc1ccc(OC(C(=O)Nc2nc3cc(OC)c(OC)cc3s2)c2cccc(S(=O)(=O)C(C)C)c2)cc1. The van der Waals surface area contributed by atoms with Crippen molar-refractivity contribution < 1.29 is 27.4 Å². The van der Waals surface area contributed by atoms with Gasteiger partial charge in [0.25, 0.3) is 5.91 Å². The van der Waals surface area contributed by atoms with Crippen LogP contribution in [0.15, 0.2) is 70.6 Å². The number of aliphatic imine (C=N–C) groups is 1. The van der Waals surface area contributed by atoms with Crippen LogP contribution in [-0.2, 0) is 14.6 Å². The first kappa shape index (κ1) is 28.1. The predicted octanol–water partition coefficient (Wildman–Crippen LogP) is 5.30. The second-order valence-electron chi connectivity index (χ2n) is 8.80. The first-order valence-corrected chi connectivity index (χ1v) is 14.4. The molecule has 39 heavy (non-hydrogen) atoms. The van der Waals surface area contributed by atoms with Gasteiger partial charge in [0.05, 0.1) is 34.6 Å². The van der Waals surface area contributed by atoms with Crippen molar-refractivity contribution in [1.82, 2.24) is 4.98 Å². The Kier molecular flexibility index (Phi) is 8.51. The Bertz CT molecular complexity index is 1570. The van der Waals surface area contributed by atoms with E-state index < -0.39 is 27.1 Å². The summed E-state index contributed by atoms with van der Waals surface area (Å²) in [5, 5.41) is 2.56. The first-order valence-electron chi connectivity index (χ1n) is 12.0. The van der Waals surface area contributed by atoms with E-state index in [2.05, 4.69) is 15.3 Å². The van der Waals surface area contributed by atoms with Crippen LogP contribution in [0.4, 0.5) is 5.13 Å². The molecule has 0 spiro atoms. The standard InChI is InChI=1S/C28H29N3O6S2/c1-17(2)39(33,34)21-8-6-7-19(13-21)26(37-20-11-9-18(10-12-20)16-29-3)27(32)31-28-30-22-14-23(35-4)24(36-5)15-25(22)38-28/h6-17,26H,1-5H3,(H,30,31,32). The van der Waals surface area contributed by atoms with Crippen molar-refractivity contribution in [3.8, 4) is 17.2 Å². The number of nitrogens with zero attached hydrogens (tertiary/aromatic N) is 2. The fourth-order valence-electron chi connectivity index (χ4n) is 3.80. The molecule has 0 aliphatic heterocycles. The van der Waals surface area contributed by atoms with Gasteiger partial charge in [0.1, 0.15) is 5.75 Å². The number of methoxy groups -OCH3 is 2. The van der Waals surface area contributed by atoms with Crippen LogP contribution in [-0.4, -0.2) is 52.0 Å². The molecule has 11 heteroatoms. The van der Waals surface area contributed by atoms with Crippen molar-refractivity contribution in [2.75, 3.05) is 26.6 Å². The number of fused-ring (bicyclic) bond motifs is 1. The molecular weight excluding hydrogens is 538 g/mol. The van der Waals surface area contributed by atoms with Gasteiger partial charge in [0.15, 0.2) is 26.5 Å². The van der Waals surface area contributed by atoms with Crippen LogP contribution < -0.4 is 19.5 Å². The summed E-state index contributed by atoms with van der Waals surface area (Å²) < 4.78 is 43.3. The maximum Gasteiger partial charge on any atom is 0.271 e. The highest BCUT2D eigenvalue weighted by Gasteiger charge is 2.27. The normalized spacial score (nSPS) is 12.6. The van der Waals surface area contributed by atoms with E-state index in [4.69, 9.17) is 14.2 Å². The summed E-state index contributed by atoms with van der Waals surface area (Å²) in [6, 6.07) is 16.8. The lowest BCUT2D eigenvalue weighted by Gasteiger charge is -2.20. The third-order valence-corrected chi connectivity index (χ3v) is 8.97. The third-order valence-electron chi connectivity index (χ3n) is 5.88. The molecule has 1 aromatic heterocycles. The number of sulfone groups is 1. The number of aromatic nitrogens is 1. The molecule has 0 saturated heterocycles. The highest BCUT2D eigenvalue weighted by molar-refractivity contribution is 7.92. The number of carbonyl (C=O) groups is 1. The van der Waals surface area contributed by atoms with Gasteiger partial charge in [-0.2, -0.15) is 0 Å². The first-order chi connectivity index (χ1) is 18.7. The number of hydrogen-bond acceptors (Lipinski definition) is 9. The van der Waals surface area contributed by atoms with Gasteiger partial charge in [-0.3, -0.25) is 15.1 Å². The molecule has 1 N–H and O–H groups in total. The van der Waals surface area contributed by atoms with Gasteiger partial charge in [-0.15, -0.1) is 0 Å². The molecule has 9 nitrogen and oxygen atoms in total. The topological polar surface area (TPSA) is 116 Å². The lowest BCUT2D eigenvalue weighted by molar-refractivity contribution is -0.123. The minimum atomic E-state index is -3.57. The van der Waals surface area contributed by atoms with Crippen molar-refractivity contribution in [2.45, 2.75) is 30.1 Å². The second-order valence-corrected chi connectivity index (χ2v) is 12.3. The quantitative estimate of drug-likeness (QED) is 0.258. The van der Waals surface area contributed by atoms with Crippen LogP contribution in [0, 0.1) is 0 Å². The number of nitrogens with one attached hydrogen (secondary N) is 1. The van der Waals surface area contributed by atoms with Gasteiger partial charge in [0.2, 0.25) is 6.10 Å². The van der Waals surface area contributed by atoms with Crippen LogP contribution in [0.3, 0.4) is 0 Å². The van der Waals surface area contributed by atoms with Gasteiger partial charge >= 0.3 is 0 Å². The zero-order valence-electron chi connectivity index (χ0n) is 22.2. The molecule has 0 radical (unpaired) electrons. The third kappa shape index (κ3) is 6.21. The monoisotopic (exact) mass is 567 g/mol. The number of amides is 1. The smallest absolute Gasteiger partial charge is 0.271 e. The number of carbonyl (C=O) groups excluding carboxylic acids is 1. The van der Waals surface area contributed by atoms with Crippen LogP contribution in [0.1, 0.15) is 31.1 Å². The molecule has 1 amide bonds. The number of ether oxygens (including phenoxy) is 3. The van der Waals surface area contributed by atoms with E-state index >= 15 is 0 Å². The summed E-state index contributed by atoms with van der Waals surface area (Å²) in [6.45, 7) is 3.22. The average Bonchev–Trinajstić information content (AvgIpc) is 3.32. The van der Waals surface area contributed by atoms with Gasteiger partial charge in [-0.05, 0) is 55.8 Å². The van der Waals surface area contributed by atoms with E-state index in [1.54, 1.807) is 70.6 Å². The minimum absolute atomic E-state index is 0.116. The van der Waals surface area contributed by atoms with Gasteiger partial charge in [0, 0.05) is 31.0 Å². The number of anilines is 1.